The van der Waals surface area contributed by atoms with Crippen LogP contribution in [0.2, 0.25) is 0 Å². The normalized spacial score (nSPS) is 14.1. The number of carbonyl (C=O) groups is 2. The molecule has 118 valence electrons. The summed E-state index contributed by atoms with van der Waals surface area (Å²) in [4.78, 5) is 25.6. The molecular weight excluding hydrogens is 290 g/mol. The van der Waals surface area contributed by atoms with E-state index in [0.29, 0.717) is 12.0 Å². The molecule has 0 N–H and O–H groups in total. The Balaban J connectivity index is 1.62. The van der Waals surface area contributed by atoms with Crippen molar-refractivity contribution in [2.45, 2.75) is 26.4 Å². The fraction of sp³-hybridized carbons (Fsp3) is 0.263. The van der Waals surface area contributed by atoms with Gasteiger partial charge >= 0.3 is 5.97 Å². The van der Waals surface area contributed by atoms with Crippen LogP contribution < -0.4 is 4.90 Å². The Morgan fingerprint density at radius 3 is 2.61 bits per heavy atom. The summed E-state index contributed by atoms with van der Waals surface area (Å²) in [6.45, 7) is 3.01. The maximum Gasteiger partial charge on any atom is 0.338 e. The van der Waals surface area contributed by atoms with E-state index in [4.69, 9.17) is 4.74 Å². The van der Waals surface area contributed by atoms with Crippen LogP contribution in [0.5, 0.6) is 0 Å². The Morgan fingerprint density at radius 1 is 1.17 bits per heavy atom. The van der Waals surface area contributed by atoms with Gasteiger partial charge in [0.05, 0.1) is 5.56 Å². The summed E-state index contributed by atoms with van der Waals surface area (Å²) in [6, 6.07) is 14.9. The van der Waals surface area contributed by atoms with Gasteiger partial charge in [-0.1, -0.05) is 29.8 Å². The molecule has 1 fully saturated rings. The zero-order chi connectivity index (χ0) is 16.2. The fourth-order valence-electron chi connectivity index (χ4n) is 2.73. The molecule has 23 heavy (non-hydrogen) atoms. The first-order chi connectivity index (χ1) is 11.1. The molecule has 0 radical (unpaired) electrons. The largest absolute Gasteiger partial charge is 0.457 e. The highest BCUT2D eigenvalue weighted by molar-refractivity contribution is 5.96. The summed E-state index contributed by atoms with van der Waals surface area (Å²) in [5, 5.41) is 0. The lowest BCUT2D eigenvalue weighted by Crippen LogP contribution is -2.23. The molecule has 1 aliphatic rings. The highest BCUT2D eigenvalue weighted by atomic mass is 16.5. The molecule has 0 unspecified atom stereocenters. The van der Waals surface area contributed by atoms with Gasteiger partial charge in [0.1, 0.15) is 6.61 Å². The second kappa shape index (κ2) is 6.65. The summed E-state index contributed by atoms with van der Waals surface area (Å²) in [6.07, 6.45) is 1.49. The molecule has 2 aromatic carbocycles. The van der Waals surface area contributed by atoms with Crippen molar-refractivity contribution in [1.82, 2.24) is 0 Å². The van der Waals surface area contributed by atoms with Crippen LogP contribution >= 0.6 is 0 Å². The number of esters is 1. The first-order valence-electron chi connectivity index (χ1n) is 7.76. The van der Waals surface area contributed by atoms with E-state index in [-0.39, 0.29) is 18.5 Å². The summed E-state index contributed by atoms with van der Waals surface area (Å²) in [5.41, 5.74) is 3.44. The average Bonchev–Trinajstić information content (AvgIpc) is 2.99. The first-order valence-corrected chi connectivity index (χ1v) is 7.76. The minimum absolute atomic E-state index is 0.139. The molecule has 4 nitrogen and oxygen atoms in total. The highest BCUT2D eigenvalue weighted by Gasteiger charge is 2.21. The minimum atomic E-state index is -0.356. The van der Waals surface area contributed by atoms with Gasteiger partial charge in [0.15, 0.2) is 0 Å². The van der Waals surface area contributed by atoms with Gasteiger partial charge in [0.2, 0.25) is 5.91 Å². The number of carbonyl (C=O) groups excluding carboxylic acids is 2. The second-order valence-electron chi connectivity index (χ2n) is 5.76. The minimum Gasteiger partial charge on any atom is -0.457 e. The highest BCUT2D eigenvalue weighted by Crippen LogP contribution is 2.22. The molecule has 1 amide bonds. The Hall–Kier alpha value is -2.62. The Kier molecular flexibility index (Phi) is 4.42. The summed E-state index contributed by atoms with van der Waals surface area (Å²) in [5.74, 6) is -0.217. The van der Waals surface area contributed by atoms with Crippen molar-refractivity contribution in [1.29, 1.82) is 0 Å². The van der Waals surface area contributed by atoms with Crippen molar-refractivity contribution in [3.8, 4) is 0 Å². The van der Waals surface area contributed by atoms with Gasteiger partial charge in [0.25, 0.3) is 0 Å². The van der Waals surface area contributed by atoms with E-state index < -0.39 is 0 Å². The van der Waals surface area contributed by atoms with E-state index >= 15 is 0 Å². The molecule has 0 bridgehead atoms. The second-order valence-corrected chi connectivity index (χ2v) is 5.76. The fourth-order valence-corrected chi connectivity index (χ4v) is 2.73. The van der Waals surface area contributed by atoms with Crippen LogP contribution in [0.15, 0.2) is 48.5 Å². The third-order valence-electron chi connectivity index (χ3n) is 3.94. The predicted octanol–water partition coefficient (Wildman–Crippen LogP) is 3.48. The molecule has 0 aromatic heterocycles. The lowest BCUT2D eigenvalue weighted by molar-refractivity contribution is -0.117. The molecule has 0 aliphatic carbocycles. The van der Waals surface area contributed by atoms with E-state index in [2.05, 4.69) is 0 Å². The van der Waals surface area contributed by atoms with Gasteiger partial charge < -0.3 is 9.64 Å². The maximum absolute atomic E-state index is 12.1. The quantitative estimate of drug-likeness (QED) is 0.812. The zero-order valence-electron chi connectivity index (χ0n) is 13.1. The first kappa shape index (κ1) is 15.3. The Labute approximate surface area is 135 Å². The number of ether oxygens (including phenoxy) is 1. The third-order valence-corrected chi connectivity index (χ3v) is 3.94. The number of hydrogen-bond acceptors (Lipinski definition) is 3. The molecule has 0 atom stereocenters. The van der Waals surface area contributed by atoms with Gasteiger partial charge in [-0.3, -0.25) is 4.79 Å². The summed E-state index contributed by atoms with van der Waals surface area (Å²) >= 11 is 0. The number of hydrogen-bond donors (Lipinski definition) is 0. The van der Waals surface area contributed by atoms with E-state index in [9.17, 15) is 9.59 Å². The summed E-state index contributed by atoms with van der Waals surface area (Å²) < 4.78 is 5.34. The van der Waals surface area contributed by atoms with Crippen molar-refractivity contribution < 1.29 is 14.3 Å². The van der Waals surface area contributed by atoms with Crippen molar-refractivity contribution >= 4 is 17.6 Å². The lowest BCUT2D eigenvalue weighted by atomic mass is 10.1. The molecule has 0 saturated carbocycles. The monoisotopic (exact) mass is 309 g/mol. The Bertz CT molecular complexity index is 722. The van der Waals surface area contributed by atoms with Gasteiger partial charge in [0, 0.05) is 18.7 Å². The van der Waals surface area contributed by atoms with Gasteiger partial charge in [-0.05, 0) is 43.2 Å². The number of aryl methyl sites for hydroxylation is 1. The van der Waals surface area contributed by atoms with Crippen molar-refractivity contribution in [2.75, 3.05) is 11.4 Å². The van der Waals surface area contributed by atoms with E-state index in [1.807, 2.05) is 31.2 Å². The van der Waals surface area contributed by atoms with E-state index in [1.165, 1.54) is 0 Å². The van der Waals surface area contributed by atoms with Gasteiger partial charge in [-0.2, -0.15) is 0 Å². The van der Waals surface area contributed by atoms with Crippen LogP contribution in [0.1, 0.15) is 34.3 Å². The topological polar surface area (TPSA) is 46.6 Å². The molecule has 3 rings (SSSR count). The van der Waals surface area contributed by atoms with Crippen LogP contribution in [0.3, 0.4) is 0 Å². The molecule has 1 heterocycles. The van der Waals surface area contributed by atoms with E-state index in [0.717, 1.165) is 29.8 Å². The van der Waals surface area contributed by atoms with Crippen molar-refractivity contribution in [3.05, 3.63) is 65.2 Å². The lowest BCUT2D eigenvalue weighted by Gasteiger charge is -2.15. The van der Waals surface area contributed by atoms with Crippen LogP contribution in [0, 0.1) is 6.92 Å². The Morgan fingerprint density at radius 2 is 1.96 bits per heavy atom. The maximum atomic E-state index is 12.1. The number of benzene rings is 2. The van der Waals surface area contributed by atoms with Crippen molar-refractivity contribution in [3.63, 3.8) is 0 Å². The molecular formula is C19H19NO3. The van der Waals surface area contributed by atoms with E-state index in [1.54, 1.807) is 29.2 Å². The zero-order valence-corrected chi connectivity index (χ0v) is 13.1. The third kappa shape index (κ3) is 3.59. The van der Waals surface area contributed by atoms with Gasteiger partial charge in [-0.25, -0.2) is 4.79 Å². The van der Waals surface area contributed by atoms with Crippen LogP contribution in [-0.4, -0.2) is 18.4 Å². The molecule has 1 saturated heterocycles. The smallest absolute Gasteiger partial charge is 0.338 e. The summed E-state index contributed by atoms with van der Waals surface area (Å²) in [7, 11) is 0. The average molecular weight is 309 g/mol. The van der Waals surface area contributed by atoms with Crippen LogP contribution in [-0.2, 0) is 16.1 Å². The molecule has 2 aromatic rings. The number of anilines is 1. The van der Waals surface area contributed by atoms with Crippen molar-refractivity contribution in [2.24, 2.45) is 0 Å². The van der Waals surface area contributed by atoms with Crippen LogP contribution in [0.4, 0.5) is 5.69 Å². The number of amides is 1. The number of nitrogens with zero attached hydrogens (tertiary/aromatic N) is 1. The molecule has 4 heteroatoms. The SMILES string of the molecule is Cc1cccc(COC(=O)c2ccc(N3CCCC3=O)cc2)c1. The van der Waals surface area contributed by atoms with Crippen LogP contribution in [0.25, 0.3) is 0 Å². The molecule has 1 aliphatic heterocycles. The predicted molar refractivity (Wildman–Crippen MR) is 88.3 cm³/mol. The van der Waals surface area contributed by atoms with Gasteiger partial charge in [-0.15, -0.1) is 0 Å². The molecule has 0 spiro atoms. The number of rotatable bonds is 4. The standard InChI is InChI=1S/C19H19NO3/c1-14-4-2-5-15(12-14)13-23-19(22)16-7-9-17(10-8-16)20-11-3-6-18(20)21/h2,4-5,7-10,12H,3,6,11,13H2,1H3.